The molecule has 176 valence electrons. The first kappa shape index (κ1) is 21.3. The van der Waals surface area contributed by atoms with E-state index in [1.165, 1.54) is 0 Å². The molecule has 1 unspecified atom stereocenters. The lowest BCUT2D eigenvalue weighted by molar-refractivity contribution is 0.356. The van der Waals surface area contributed by atoms with Gasteiger partial charge in [0.1, 0.15) is 11.9 Å². The van der Waals surface area contributed by atoms with E-state index in [1.54, 1.807) is 6.20 Å². The van der Waals surface area contributed by atoms with Crippen molar-refractivity contribution in [1.29, 1.82) is 0 Å². The smallest absolute Gasteiger partial charge is 0.160 e. The Morgan fingerprint density at radius 3 is 2.74 bits per heavy atom. The number of fused-ring (bicyclic) bond motifs is 2. The van der Waals surface area contributed by atoms with Gasteiger partial charge >= 0.3 is 0 Å². The van der Waals surface area contributed by atoms with Crippen LogP contribution < -0.4 is 5.32 Å². The molecule has 4 aromatic rings. The van der Waals surface area contributed by atoms with Crippen LogP contribution in [0.3, 0.4) is 0 Å². The van der Waals surface area contributed by atoms with E-state index in [0.717, 1.165) is 51.4 Å². The zero-order chi connectivity index (χ0) is 24.1. The van der Waals surface area contributed by atoms with E-state index in [-0.39, 0.29) is 6.17 Å². The van der Waals surface area contributed by atoms with Crippen LogP contribution in [0.1, 0.15) is 44.9 Å². The molecule has 6 rings (SSSR count). The summed E-state index contributed by atoms with van der Waals surface area (Å²) in [5.41, 5.74) is 7.48. The molecule has 0 bridgehead atoms. The molecule has 0 saturated heterocycles. The summed E-state index contributed by atoms with van der Waals surface area (Å²) in [7, 11) is 0. The predicted octanol–water partition coefficient (Wildman–Crippen LogP) is 4.29. The van der Waals surface area contributed by atoms with Gasteiger partial charge in [-0.2, -0.15) is 10.2 Å². The SMILES string of the molecule is CCn1cnc(-c2ccc3c(C4=CNC5C=C(c6cnn(C(C)C)c6)C(C)=NN45)ccnc3n2)c1. The van der Waals surface area contributed by atoms with Crippen molar-refractivity contribution in [1.82, 2.24) is 39.6 Å². The number of pyridine rings is 2. The maximum atomic E-state index is 4.96. The number of hydrogen-bond acceptors (Lipinski definition) is 7. The summed E-state index contributed by atoms with van der Waals surface area (Å²) < 4.78 is 4.01. The maximum absolute atomic E-state index is 4.96. The molecule has 0 amide bonds. The average molecular weight is 466 g/mol. The molecule has 0 aromatic carbocycles. The molecule has 2 aliphatic heterocycles. The number of aromatic nitrogens is 6. The summed E-state index contributed by atoms with van der Waals surface area (Å²) in [6.45, 7) is 9.25. The van der Waals surface area contributed by atoms with Crippen LogP contribution in [0.5, 0.6) is 0 Å². The largest absolute Gasteiger partial charge is 0.365 e. The van der Waals surface area contributed by atoms with Crippen molar-refractivity contribution in [2.24, 2.45) is 5.10 Å². The Morgan fingerprint density at radius 2 is 1.97 bits per heavy atom. The van der Waals surface area contributed by atoms with Crippen molar-refractivity contribution in [2.45, 2.75) is 46.4 Å². The van der Waals surface area contributed by atoms with Gasteiger partial charge in [0.05, 0.1) is 29.6 Å². The van der Waals surface area contributed by atoms with Crippen molar-refractivity contribution in [3.05, 3.63) is 72.7 Å². The van der Waals surface area contributed by atoms with Gasteiger partial charge in [-0.05, 0) is 52.0 Å². The van der Waals surface area contributed by atoms with Gasteiger partial charge in [-0.1, -0.05) is 0 Å². The molecule has 35 heavy (non-hydrogen) atoms. The molecule has 9 heteroatoms. The van der Waals surface area contributed by atoms with Crippen LogP contribution in [-0.2, 0) is 6.54 Å². The van der Waals surface area contributed by atoms with Crippen LogP contribution in [0.15, 0.2) is 66.7 Å². The van der Waals surface area contributed by atoms with Crippen molar-refractivity contribution >= 4 is 28.0 Å². The van der Waals surface area contributed by atoms with Crippen LogP contribution in [0.2, 0.25) is 0 Å². The van der Waals surface area contributed by atoms with Gasteiger partial charge in [-0.25, -0.2) is 20.0 Å². The highest BCUT2D eigenvalue weighted by molar-refractivity contribution is 6.23. The number of allylic oxidation sites excluding steroid dienone is 1. The maximum Gasteiger partial charge on any atom is 0.160 e. The number of nitrogens with one attached hydrogen (secondary N) is 1. The summed E-state index contributed by atoms with van der Waals surface area (Å²) in [5, 5.41) is 15.9. The quantitative estimate of drug-likeness (QED) is 0.473. The minimum absolute atomic E-state index is 0.0699. The summed E-state index contributed by atoms with van der Waals surface area (Å²) in [6, 6.07) is 6.41. The first-order valence-electron chi connectivity index (χ1n) is 11.9. The molecular formula is C26H27N9. The first-order valence-corrected chi connectivity index (χ1v) is 11.9. The molecule has 0 saturated carbocycles. The van der Waals surface area contributed by atoms with Gasteiger partial charge in [-0.15, -0.1) is 0 Å². The second-order valence-electron chi connectivity index (χ2n) is 9.07. The summed E-state index contributed by atoms with van der Waals surface area (Å²) >= 11 is 0. The van der Waals surface area contributed by atoms with Crippen LogP contribution in [0.25, 0.3) is 33.7 Å². The van der Waals surface area contributed by atoms with Gasteiger partial charge in [0.15, 0.2) is 5.65 Å². The molecular weight excluding hydrogens is 438 g/mol. The van der Waals surface area contributed by atoms with Crippen LogP contribution in [-0.4, -0.2) is 46.2 Å². The van der Waals surface area contributed by atoms with Crippen LogP contribution in [0, 0.1) is 0 Å². The Hall–Kier alpha value is -4.27. The number of imidazole rings is 1. The molecule has 0 radical (unpaired) electrons. The van der Waals surface area contributed by atoms with E-state index in [1.807, 2.05) is 58.2 Å². The van der Waals surface area contributed by atoms with Gasteiger partial charge in [-0.3, -0.25) is 4.68 Å². The highest BCUT2D eigenvalue weighted by Crippen LogP contribution is 2.35. The highest BCUT2D eigenvalue weighted by Gasteiger charge is 2.31. The second kappa shape index (κ2) is 8.19. The summed E-state index contributed by atoms with van der Waals surface area (Å²) in [6.07, 6.45) is 13.8. The highest BCUT2D eigenvalue weighted by atomic mass is 15.5. The first-order chi connectivity index (χ1) is 17.0. The molecule has 2 aliphatic rings. The average Bonchev–Trinajstić information content (AvgIpc) is 3.62. The number of nitrogens with zero attached hydrogens (tertiary/aromatic N) is 8. The zero-order valence-corrected chi connectivity index (χ0v) is 20.2. The fraction of sp³-hybridized carbons (Fsp3) is 0.269. The van der Waals surface area contributed by atoms with Gasteiger partial charge in [0.25, 0.3) is 0 Å². The van der Waals surface area contributed by atoms with E-state index in [0.29, 0.717) is 11.7 Å². The van der Waals surface area contributed by atoms with E-state index in [4.69, 9.17) is 10.1 Å². The third-order valence-electron chi connectivity index (χ3n) is 6.45. The van der Waals surface area contributed by atoms with Crippen molar-refractivity contribution in [3.8, 4) is 11.4 Å². The molecule has 0 spiro atoms. The molecule has 1 N–H and O–H groups in total. The topological polar surface area (TPSA) is 89.0 Å². The van der Waals surface area contributed by atoms with E-state index in [9.17, 15) is 0 Å². The monoisotopic (exact) mass is 465 g/mol. The van der Waals surface area contributed by atoms with Gasteiger partial charge in [0.2, 0.25) is 0 Å². The Balaban J connectivity index is 1.32. The number of aryl methyl sites for hydroxylation is 1. The Labute approximate surface area is 203 Å². The Kier molecular flexibility index (Phi) is 4.98. The van der Waals surface area contributed by atoms with Gasteiger partial charge in [0, 0.05) is 59.5 Å². The number of hydrogen-bond donors (Lipinski definition) is 1. The summed E-state index contributed by atoms with van der Waals surface area (Å²) in [5.74, 6) is 0. The minimum Gasteiger partial charge on any atom is -0.365 e. The fourth-order valence-electron chi connectivity index (χ4n) is 4.51. The van der Waals surface area contributed by atoms with Crippen molar-refractivity contribution < 1.29 is 0 Å². The normalized spacial score (nSPS) is 17.3. The third kappa shape index (κ3) is 3.60. The number of rotatable bonds is 5. The molecule has 6 heterocycles. The summed E-state index contributed by atoms with van der Waals surface area (Å²) in [4.78, 5) is 13.8. The molecule has 0 fully saturated rings. The van der Waals surface area contributed by atoms with Crippen molar-refractivity contribution in [2.75, 3.05) is 0 Å². The molecule has 4 aromatic heterocycles. The lowest BCUT2D eigenvalue weighted by Gasteiger charge is -2.28. The Morgan fingerprint density at radius 1 is 1.09 bits per heavy atom. The minimum atomic E-state index is -0.0699. The third-order valence-corrected chi connectivity index (χ3v) is 6.45. The molecule has 1 atom stereocenters. The second-order valence-corrected chi connectivity index (χ2v) is 9.07. The number of hydrazone groups is 1. The van der Waals surface area contributed by atoms with Crippen LogP contribution in [0.4, 0.5) is 0 Å². The zero-order valence-electron chi connectivity index (χ0n) is 20.2. The fourth-order valence-corrected chi connectivity index (χ4v) is 4.51. The molecule has 0 aliphatic carbocycles. The van der Waals surface area contributed by atoms with E-state index < -0.39 is 0 Å². The lowest BCUT2D eigenvalue weighted by atomic mass is 10.0. The van der Waals surface area contributed by atoms with E-state index in [2.05, 4.69) is 59.5 Å². The van der Waals surface area contributed by atoms with Gasteiger partial charge < -0.3 is 9.88 Å². The molecule has 9 nitrogen and oxygen atoms in total. The predicted molar refractivity (Wildman–Crippen MR) is 137 cm³/mol. The van der Waals surface area contributed by atoms with Crippen molar-refractivity contribution in [3.63, 3.8) is 0 Å². The Bertz CT molecular complexity index is 1520. The lowest BCUT2D eigenvalue weighted by Crippen LogP contribution is -2.35. The van der Waals surface area contributed by atoms with Crippen LogP contribution >= 0.6 is 0 Å². The standard InChI is InChI=1S/C26H27N9/c1-5-33-14-23(29-15-33)22-7-6-20-19(8-9-27-26(20)31-22)24-12-28-25-10-21(17(4)32-35(24)25)18-11-30-34(13-18)16(2)3/h6-16,25,28H,5H2,1-4H3. The van der Waals surface area contributed by atoms with E-state index >= 15 is 0 Å².